The van der Waals surface area contributed by atoms with Crippen molar-refractivity contribution in [3.8, 4) is 0 Å². The predicted molar refractivity (Wildman–Crippen MR) is 99.8 cm³/mol. The monoisotopic (exact) mass is 400 g/mol. The van der Waals surface area contributed by atoms with E-state index in [1.165, 1.54) is 40.9 Å². The molecule has 25 heavy (non-hydrogen) atoms. The molecule has 4 nitrogen and oxygen atoms in total. The fourth-order valence-corrected chi connectivity index (χ4v) is 3.42. The van der Waals surface area contributed by atoms with Crippen LogP contribution in [0.15, 0.2) is 47.4 Å². The number of thioether (sulfide) groups is 1. The van der Waals surface area contributed by atoms with Crippen LogP contribution in [0.3, 0.4) is 0 Å². The highest BCUT2D eigenvalue weighted by atomic mass is 35.5. The molecule has 0 fully saturated rings. The third kappa shape index (κ3) is 5.92. The Balaban J connectivity index is 2.12. The predicted octanol–water partition coefficient (Wildman–Crippen LogP) is 4.13. The zero-order chi connectivity index (χ0) is 18.4. The van der Waals surface area contributed by atoms with Crippen molar-refractivity contribution in [2.75, 3.05) is 17.2 Å². The van der Waals surface area contributed by atoms with Gasteiger partial charge in [-0.2, -0.15) is 0 Å². The number of amides is 2. The lowest BCUT2D eigenvalue weighted by Gasteiger charge is -2.22. The lowest BCUT2D eigenvalue weighted by molar-refractivity contribution is -0.118. The van der Waals surface area contributed by atoms with Crippen molar-refractivity contribution < 1.29 is 14.0 Å². The SMILES string of the molecule is NC(=O)CCN(C(=O)CSc1cc(Cl)ccc1Cl)c1ccc(F)cc1. The minimum atomic E-state index is -0.523. The molecule has 0 aliphatic rings. The van der Waals surface area contributed by atoms with Crippen molar-refractivity contribution in [3.63, 3.8) is 0 Å². The van der Waals surface area contributed by atoms with Crippen LogP contribution in [-0.4, -0.2) is 24.1 Å². The minimum absolute atomic E-state index is 0.00566. The molecule has 0 spiro atoms. The lowest BCUT2D eigenvalue weighted by Crippen LogP contribution is -2.35. The molecule has 0 unspecified atom stereocenters. The zero-order valence-electron chi connectivity index (χ0n) is 13.0. The molecule has 2 aromatic rings. The number of halogens is 3. The Hall–Kier alpha value is -1.76. The Kier molecular flexibility index (Phi) is 7.11. The van der Waals surface area contributed by atoms with E-state index in [1.807, 2.05) is 0 Å². The minimum Gasteiger partial charge on any atom is -0.370 e. The highest BCUT2D eigenvalue weighted by molar-refractivity contribution is 8.00. The molecule has 0 saturated carbocycles. The number of nitrogens with two attached hydrogens (primary N) is 1. The number of anilines is 1. The van der Waals surface area contributed by atoms with E-state index in [2.05, 4.69) is 0 Å². The van der Waals surface area contributed by atoms with Crippen LogP contribution in [0.1, 0.15) is 6.42 Å². The summed E-state index contributed by atoms with van der Waals surface area (Å²) in [5, 5.41) is 1.01. The van der Waals surface area contributed by atoms with Crippen molar-refractivity contribution in [1.29, 1.82) is 0 Å². The van der Waals surface area contributed by atoms with Gasteiger partial charge in [-0.25, -0.2) is 4.39 Å². The quantitative estimate of drug-likeness (QED) is 0.710. The summed E-state index contributed by atoms with van der Waals surface area (Å²) in [5.74, 6) is -1.11. The number of carbonyl (C=O) groups is 2. The number of primary amides is 1. The molecule has 2 amide bonds. The van der Waals surface area contributed by atoms with Gasteiger partial charge in [0.05, 0.1) is 10.8 Å². The highest BCUT2D eigenvalue weighted by Gasteiger charge is 2.17. The highest BCUT2D eigenvalue weighted by Crippen LogP contribution is 2.30. The lowest BCUT2D eigenvalue weighted by atomic mass is 10.2. The Morgan fingerprint density at radius 1 is 1.12 bits per heavy atom. The Labute approximate surface area is 159 Å². The first-order valence-electron chi connectivity index (χ1n) is 7.29. The standard InChI is InChI=1S/C17H15Cl2FN2O2S/c18-11-1-6-14(19)15(9-11)25-10-17(24)22(8-7-16(21)23)13-4-2-12(20)3-5-13/h1-6,9H,7-8,10H2,(H2,21,23). The van der Waals surface area contributed by atoms with E-state index in [1.54, 1.807) is 18.2 Å². The van der Waals surface area contributed by atoms with Crippen LogP contribution in [0, 0.1) is 5.82 Å². The van der Waals surface area contributed by atoms with E-state index in [0.29, 0.717) is 20.6 Å². The van der Waals surface area contributed by atoms with Crippen LogP contribution in [0.5, 0.6) is 0 Å². The fourth-order valence-electron chi connectivity index (χ4n) is 2.05. The van der Waals surface area contributed by atoms with Crippen LogP contribution < -0.4 is 10.6 Å². The van der Waals surface area contributed by atoms with Gasteiger partial charge in [-0.1, -0.05) is 23.2 Å². The number of benzene rings is 2. The molecule has 0 aliphatic carbocycles. The second-order valence-electron chi connectivity index (χ2n) is 5.10. The summed E-state index contributed by atoms with van der Waals surface area (Å²) < 4.78 is 13.1. The number of rotatable bonds is 7. The van der Waals surface area contributed by atoms with E-state index >= 15 is 0 Å². The summed E-state index contributed by atoms with van der Waals surface area (Å²) >= 11 is 13.3. The van der Waals surface area contributed by atoms with E-state index < -0.39 is 11.7 Å². The average molecular weight is 401 g/mol. The molecule has 0 atom stereocenters. The number of hydrogen-bond donors (Lipinski definition) is 1. The summed E-state index contributed by atoms with van der Waals surface area (Å²) in [6, 6.07) is 10.4. The van der Waals surface area contributed by atoms with E-state index in [-0.39, 0.29) is 24.6 Å². The molecule has 2 aromatic carbocycles. The Morgan fingerprint density at radius 3 is 2.44 bits per heavy atom. The number of nitrogens with zero attached hydrogens (tertiary/aromatic N) is 1. The second-order valence-corrected chi connectivity index (χ2v) is 6.96. The molecule has 0 saturated heterocycles. The zero-order valence-corrected chi connectivity index (χ0v) is 15.4. The maximum atomic E-state index is 13.1. The van der Waals surface area contributed by atoms with E-state index in [0.717, 1.165) is 0 Å². The second kappa shape index (κ2) is 9.08. The summed E-state index contributed by atoms with van der Waals surface area (Å²) in [7, 11) is 0. The summed E-state index contributed by atoms with van der Waals surface area (Å²) in [6.45, 7) is 0.115. The van der Waals surface area contributed by atoms with Crippen molar-refractivity contribution in [2.24, 2.45) is 5.73 Å². The van der Waals surface area contributed by atoms with Crippen LogP contribution in [0.2, 0.25) is 10.0 Å². The van der Waals surface area contributed by atoms with Gasteiger partial charge in [0, 0.05) is 28.6 Å². The third-order valence-corrected chi connectivity index (χ3v) is 4.98. The third-order valence-electron chi connectivity index (χ3n) is 3.27. The maximum absolute atomic E-state index is 13.1. The number of hydrogen-bond acceptors (Lipinski definition) is 3. The molecule has 0 aromatic heterocycles. The summed E-state index contributed by atoms with van der Waals surface area (Å²) in [4.78, 5) is 25.7. The van der Waals surface area contributed by atoms with E-state index in [9.17, 15) is 14.0 Å². The molecule has 0 heterocycles. The van der Waals surface area contributed by atoms with E-state index in [4.69, 9.17) is 28.9 Å². The van der Waals surface area contributed by atoms with Gasteiger partial charge in [-0.3, -0.25) is 9.59 Å². The smallest absolute Gasteiger partial charge is 0.237 e. The topological polar surface area (TPSA) is 63.4 Å². The van der Waals surface area contributed by atoms with Crippen molar-refractivity contribution in [3.05, 3.63) is 58.3 Å². The average Bonchev–Trinajstić information content (AvgIpc) is 2.57. The Morgan fingerprint density at radius 2 is 1.80 bits per heavy atom. The molecule has 2 N–H and O–H groups in total. The molecule has 0 bridgehead atoms. The van der Waals surface area contributed by atoms with Gasteiger partial charge in [0.1, 0.15) is 5.82 Å². The van der Waals surface area contributed by atoms with Gasteiger partial charge in [-0.15, -0.1) is 11.8 Å². The van der Waals surface area contributed by atoms with Crippen LogP contribution >= 0.6 is 35.0 Å². The first kappa shape index (κ1) is 19.6. The Bertz CT molecular complexity index is 772. The first-order chi connectivity index (χ1) is 11.9. The summed E-state index contributed by atoms with van der Waals surface area (Å²) in [5.41, 5.74) is 5.66. The van der Waals surface area contributed by atoms with Gasteiger partial charge in [0.15, 0.2) is 0 Å². The van der Waals surface area contributed by atoms with Crippen LogP contribution in [0.4, 0.5) is 10.1 Å². The maximum Gasteiger partial charge on any atom is 0.237 e. The summed E-state index contributed by atoms with van der Waals surface area (Å²) in [6.07, 6.45) is 0.00566. The molecule has 2 rings (SSSR count). The van der Waals surface area contributed by atoms with Gasteiger partial charge in [0.25, 0.3) is 0 Å². The molecular formula is C17H15Cl2FN2O2S. The van der Waals surface area contributed by atoms with Gasteiger partial charge in [-0.05, 0) is 42.5 Å². The van der Waals surface area contributed by atoms with Gasteiger partial charge in [0.2, 0.25) is 11.8 Å². The fraction of sp³-hybridized carbons (Fsp3) is 0.176. The molecular weight excluding hydrogens is 386 g/mol. The van der Waals surface area contributed by atoms with Crippen molar-refractivity contribution in [1.82, 2.24) is 0 Å². The number of carbonyl (C=O) groups excluding carboxylic acids is 2. The van der Waals surface area contributed by atoms with Crippen molar-refractivity contribution >= 4 is 52.5 Å². The van der Waals surface area contributed by atoms with Gasteiger partial charge >= 0.3 is 0 Å². The normalized spacial score (nSPS) is 10.5. The van der Waals surface area contributed by atoms with Crippen LogP contribution in [0.25, 0.3) is 0 Å². The van der Waals surface area contributed by atoms with Crippen molar-refractivity contribution in [2.45, 2.75) is 11.3 Å². The van der Waals surface area contributed by atoms with Gasteiger partial charge < -0.3 is 10.6 Å². The van der Waals surface area contributed by atoms with Crippen LogP contribution in [-0.2, 0) is 9.59 Å². The largest absolute Gasteiger partial charge is 0.370 e. The molecule has 8 heteroatoms. The first-order valence-corrected chi connectivity index (χ1v) is 9.03. The molecule has 0 radical (unpaired) electrons. The molecule has 0 aliphatic heterocycles. The molecule has 132 valence electrons.